The first-order chi connectivity index (χ1) is 21.9. The van der Waals surface area contributed by atoms with Crippen LogP contribution in [0.25, 0.3) is 0 Å². The van der Waals surface area contributed by atoms with Crippen molar-refractivity contribution in [2.45, 2.75) is 46.8 Å². The van der Waals surface area contributed by atoms with Crippen LogP contribution in [0, 0.1) is 31.1 Å². The monoisotopic (exact) mass is 631 g/mol. The van der Waals surface area contributed by atoms with E-state index in [1.165, 1.54) is 24.5 Å². The number of anilines is 1. The highest BCUT2D eigenvalue weighted by molar-refractivity contribution is 6.04. The number of nitrogens with two attached hydrogens (primary N) is 1. The molecular formula is C36H40F3N5O2. The van der Waals surface area contributed by atoms with Gasteiger partial charge in [-0.2, -0.15) is 13.2 Å². The molecule has 0 spiro atoms. The molecule has 3 aromatic carbocycles. The van der Waals surface area contributed by atoms with E-state index in [4.69, 9.17) is 15.9 Å². The Kier molecular flexibility index (Phi) is 13.3. The van der Waals surface area contributed by atoms with Crippen LogP contribution in [0.1, 0.15) is 64.0 Å². The standard InChI is InChI=1S/C32H32F3N3O2.C4H8N2/c1-4-13-36-30-18-24(7-5-23(30)3)8-9-25-19-28(12-6-22(25)2)37-31(39)26-10-11-27(29(20-26)32(33,34)35)21-38-14-16-40-17-15-38;1-4(2-5)3-6/h5-7,10-13,18-20H,4,14-17,21H2,1-3H3,(H,37,39);2-3,5H,6H2,1H3/b;4-3-,5-2?. The van der Waals surface area contributed by atoms with E-state index in [2.05, 4.69) is 22.2 Å². The second-order valence-electron chi connectivity index (χ2n) is 10.8. The zero-order valence-electron chi connectivity index (χ0n) is 26.6. The molecule has 3 aromatic rings. The number of ether oxygens (including phenoxy) is 1. The van der Waals surface area contributed by atoms with E-state index in [0.717, 1.165) is 40.4 Å². The molecule has 10 heteroatoms. The van der Waals surface area contributed by atoms with Gasteiger partial charge >= 0.3 is 6.18 Å². The third-order valence-electron chi connectivity index (χ3n) is 7.12. The van der Waals surface area contributed by atoms with Crippen molar-refractivity contribution >= 4 is 29.7 Å². The van der Waals surface area contributed by atoms with Crippen LogP contribution in [0.15, 0.2) is 71.4 Å². The van der Waals surface area contributed by atoms with Crippen molar-refractivity contribution in [2.75, 3.05) is 31.6 Å². The summed E-state index contributed by atoms with van der Waals surface area (Å²) in [6, 6.07) is 14.8. The molecule has 0 saturated carbocycles. The van der Waals surface area contributed by atoms with Crippen molar-refractivity contribution in [2.24, 2.45) is 10.7 Å². The quantitative estimate of drug-likeness (QED) is 0.187. The largest absolute Gasteiger partial charge is 0.416 e. The molecule has 46 heavy (non-hydrogen) atoms. The number of rotatable bonds is 7. The maximum absolute atomic E-state index is 13.9. The molecule has 242 valence electrons. The van der Waals surface area contributed by atoms with Gasteiger partial charge in [-0.15, -0.1) is 0 Å². The highest BCUT2D eigenvalue weighted by Crippen LogP contribution is 2.34. The lowest BCUT2D eigenvalue weighted by Gasteiger charge is -2.27. The molecule has 1 amide bonds. The fraction of sp³-hybridized carbons (Fsp3) is 0.306. The molecule has 0 radical (unpaired) electrons. The molecule has 4 N–H and O–H groups in total. The molecule has 1 aliphatic rings. The number of nitrogens with zero attached hydrogens (tertiary/aromatic N) is 2. The average Bonchev–Trinajstić information content (AvgIpc) is 3.05. The second-order valence-corrected chi connectivity index (χ2v) is 10.8. The number of halogens is 3. The van der Waals surface area contributed by atoms with Crippen molar-refractivity contribution in [1.82, 2.24) is 4.90 Å². The first-order valence-electron chi connectivity index (χ1n) is 14.9. The van der Waals surface area contributed by atoms with Crippen LogP contribution < -0.4 is 11.1 Å². The third kappa shape index (κ3) is 10.7. The Morgan fingerprint density at radius 2 is 1.78 bits per heavy atom. The number of carbonyl (C=O) groups excluding carboxylic acids is 1. The number of aliphatic imine (C=N–C) groups is 1. The molecule has 4 rings (SSSR count). The normalized spacial score (nSPS) is 13.8. The van der Waals surface area contributed by atoms with Gasteiger partial charge in [-0.3, -0.25) is 14.7 Å². The van der Waals surface area contributed by atoms with Gasteiger partial charge in [0.2, 0.25) is 0 Å². The van der Waals surface area contributed by atoms with Crippen molar-refractivity contribution in [1.29, 1.82) is 5.41 Å². The van der Waals surface area contributed by atoms with Crippen LogP contribution in [0.2, 0.25) is 0 Å². The van der Waals surface area contributed by atoms with Crippen LogP contribution in [-0.4, -0.2) is 49.5 Å². The SMILES string of the molecule is C/C(C=N)=C/N.CCC=Nc1cc(C#Cc2cc(NC(=O)c3ccc(CN4CCOCC4)c(C(F)(F)F)c3)ccc2C)ccc1C. The fourth-order valence-electron chi connectivity index (χ4n) is 4.36. The van der Waals surface area contributed by atoms with Crippen molar-refractivity contribution in [3.63, 3.8) is 0 Å². The van der Waals surface area contributed by atoms with E-state index in [9.17, 15) is 18.0 Å². The van der Waals surface area contributed by atoms with Gasteiger partial charge in [0.1, 0.15) is 0 Å². The summed E-state index contributed by atoms with van der Waals surface area (Å²) in [4.78, 5) is 19.4. The first-order valence-corrected chi connectivity index (χ1v) is 14.9. The fourth-order valence-corrected chi connectivity index (χ4v) is 4.36. The lowest BCUT2D eigenvalue weighted by Crippen LogP contribution is -2.36. The van der Waals surface area contributed by atoms with Crippen molar-refractivity contribution in [3.8, 4) is 11.8 Å². The summed E-state index contributed by atoms with van der Waals surface area (Å²) >= 11 is 0. The number of nitrogens with one attached hydrogen (secondary N) is 2. The van der Waals surface area contributed by atoms with Crippen molar-refractivity contribution in [3.05, 3.63) is 105 Å². The zero-order chi connectivity index (χ0) is 33.7. The van der Waals surface area contributed by atoms with Crippen LogP contribution >= 0.6 is 0 Å². The van der Waals surface area contributed by atoms with Gasteiger partial charge in [-0.1, -0.05) is 37.0 Å². The Morgan fingerprint density at radius 3 is 2.41 bits per heavy atom. The van der Waals surface area contributed by atoms with Crippen LogP contribution in [0.4, 0.5) is 24.5 Å². The predicted octanol–water partition coefficient (Wildman–Crippen LogP) is 7.42. The second kappa shape index (κ2) is 17.1. The molecule has 0 atom stereocenters. The molecule has 0 bridgehead atoms. The summed E-state index contributed by atoms with van der Waals surface area (Å²) in [7, 11) is 0. The zero-order valence-corrected chi connectivity index (χ0v) is 26.6. The smallest absolute Gasteiger partial charge is 0.404 e. The lowest BCUT2D eigenvalue weighted by molar-refractivity contribution is -0.138. The van der Waals surface area contributed by atoms with Gasteiger partial charge in [0, 0.05) is 54.4 Å². The molecule has 0 unspecified atom stereocenters. The Labute approximate surface area is 268 Å². The van der Waals surface area contributed by atoms with E-state index in [1.807, 2.05) is 56.2 Å². The molecule has 1 saturated heterocycles. The average molecular weight is 632 g/mol. The van der Waals surface area contributed by atoms with Gasteiger partial charge in [0.15, 0.2) is 0 Å². The summed E-state index contributed by atoms with van der Waals surface area (Å²) in [6.07, 6.45) is 0.712. The third-order valence-corrected chi connectivity index (χ3v) is 7.12. The Bertz CT molecular complexity index is 1650. The predicted molar refractivity (Wildman–Crippen MR) is 179 cm³/mol. The number of benzene rings is 3. The number of allylic oxidation sites excluding steroid dienone is 1. The highest BCUT2D eigenvalue weighted by atomic mass is 19.4. The lowest BCUT2D eigenvalue weighted by atomic mass is 10.0. The summed E-state index contributed by atoms with van der Waals surface area (Å²) in [5.74, 6) is 5.67. The van der Waals surface area contributed by atoms with Gasteiger partial charge < -0.3 is 21.2 Å². The van der Waals surface area contributed by atoms with E-state index in [-0.39, 0.29) is 17.7 Å². The number of hydrogen-bond acceptors (Lipinski definition) is 6. The van der Waals surface area contributed by atoms with Crippen LogP contribution in [0.5, 0.6) is 0 Å². The Hall–Kier alpha value is -4.72. The number of aryl methyl sites for hydroxylation is 2. The van der Waals surface area contributed by atoms with E-state index >= 15 is 0 Å². The topological polar surface area (TPSA) is 104 Å². The number of hydrogen-bond donors (Lipinski definition) is 3. The minimum absolute atomic E-state index is 0.0638. The summed E-state index contributed by atoms with van der Waals surface area (Å²) in [6.45, 7) is 9.95. The molecule has 1 aliphatic heterocycles. The number of amides is 1. The van der Waals surface area contributed by atoms with Crippen molar-refractivity contribution < 1.29 is 22.7 Å². The minimum Gasteiger partial charge on any atom is -0.404 e. The number of alkyl halides is 3. The minimum atomic E-state index is -4.58. The van der Waals surface area contributed by atoms with Gasteiger partial charge in [-0.25, -0.2) is 0 Å². The number of morpholine rings is 1. The van der Waals surface area contributed by atoms with Gasteiger partial charge in [-0.05, 0) is 92.1 Å². The van der Waals surface area contributed by atoms with Gasteiger partial charge in [0.25, 0.3) is 5.91 Å². The highest BCUT2D eigenvalue weighted by Gasteiger charge is 2.34. The molecule has 0 aromatic heterocycles. The van der Waals surface area contributed by atoms with Gasteiger partial charge in [0.05, 0.1) is 24.5 Å². The van der Waals surface area contributed by atoms with E-state index in [1.54, 1.807) is 19.1 Å². The van der Waals surface area contributed by atoms with Crippen LogP contribution in [0.3, 0.4) is 0 Å². The molecule has 7 nitrogen and oxygen atoms in total. The molecule has 1 fully saturated rings. The molecule has 0 aliphatic carbocycles. The summed E-state index contributed by atoms with van der Waals surface area (Å²) < 4.78 is 47.0. The first kappa shape index (κ1) is 35.8. The van der Waals surface area contributed by atoms with E-state index in [0.29, 0.717) is 37.6 Å². The van der Waals surface area contributed by atoms with E-state index < -0.39 is 17.6 Å². The number of carbonyl (C=O) groups is 1. The Morgan fingerprint density at radius 1 is 1.07 bits per heavy atom. The molecule has 1 heterocycles. The molecular weight excluding hydrogens is 591 g/mol. The summed E-state index contributed by atoms with van der Waals surface area (Å²) in [5.41, 5.74) is 9.81. The maximum Gasteiger partial charge on any atom is 0.416 e. The van der Waals surface area contributed by atoms with Crippen LogP contribution in [-0.2, 0) is 17.5 Å². The maximum atomic E-state index is 13.9. The Balaban J connectivity index is 0.000000875. The summed E-state index contributed by atoms with van der Waals surface area (Å²) in [5, 5.41) is 9.26.